The van der Waals surface area contributed by atoms with Crippen LogP contribution in [0.5, 0.6) is 5.75 Å². The highest BCUT2D eigenvalue weighted by atomic mass is 32.1. The summed E-state index contributed by atoms with van der Waals surface area (Å²) >= 11 is 3.92. The molecule has 0 saturated carbocycles. The first-order valence-corrected chi connectivity index (χ1v) is 5.65. The van der Waals surface area contributed by atoms with Crippen molar-refractivity contribution in [3.8, 4) is 5.75 Å². The van der Waals surface area contributed by atoms with Crippen LogP contribution in [-0.2, 0) is 6.18 Å². The molecule has 104 valence electrons. The fourth-order valence-corrected chi connectivity index (χ4v) is 1.28. The molecule has 1 aromatic carbocycles. The Morgan fingerprint density at radius 2 is 2.11 bits per heavy atom. The highest BCUT2D eigenvalue weighted by Crippen LogP contribution is 2.36. The molecule has 0 aliphatic rings. The second-order valence-electron chi connectivity index (χ2n) is 3.63. The molecule has 0 atom stereocenters. The van der Waals surface area contributed by atoms with Gasteiger partial charge in [-0.05, 0) is 17.7 Å². The summed E-state index contributed by atoms with van der Waals surface area (Å²) in [5.41, 5.74) is -1.28. The SMILES string of the molecule is C=C(CS)COc1ccc(C(F)(F)F)cc1[N+](=O)[O-]. The van der Waals surface area contributed by atoms with Crippen molar-refractivity contribution in [1.82, 2.24) is 0 Å². The standard InChI is InChI=1S/C11H10F3NO3S/c1-7(6-19)5-18-10-3-2-8(11(12,13)14)4-9(10)15(16)17/h2-4,19H,1,5-6H2. The van der Waals surface area contributed by atoms with Crippen molar-refractivity contribution < 1.29 is 22.8 Å². The minimum Gasteiger partial charge on any atom is -0.482 e. The molecule has 19 heavy (non-hydrogen) atoms. The van der Waals surface area contributed by atoms with E-state index in [1.54, 1.807) is 0 Å². The smallest absolute Gasteiger partial charge is 0.416 e. The van der Waals surface area contributed by atoms with E-state index in [1.165, 1.54) is 0 Å². The average Bonchev–Trinajstić information content (AvgIpc) is 2.34. The molecule has 8 heteroatoms. The Kier molecular flexibility index (Phi) is 4.82. The number of rotatable bonds is 5. The first-order valence-electron chi connectivity index (χ1n) is 5.01. The molecule has 0 radical (unpaired) electrons. The second-order valence-corrected chi connectivity index (χ2v) is 3.95. The van der Waals surface area contributed by atoms with Gasteiger partial charge in [0.2, 0.25) is 0 Å². The number of nitro groups is 1. The summed E-state index contributed by atoms with van der Waals surface area (Å²) in [7, 11) is 0. The van der Waals surface area contributed by atoms with E-state index in [2.05, 4.69) is 19.2 Å². The van der Waals surface area contributed by atoms with Gasteiger partial charge in [0.1, 0.15) is 6.61 Å². The number of halogens is 3. The quantitative estimate of drug-likeness (QED) is 0.391. The van der Waals surface area contributed by atoms with Gasteiger partial charge in [-0.15, -0.1) is 0 Å². The molecule has 0 saturated heterocycles. The molecular weight excluding hydrogens is 283 g/mol. The fourth-order valence-electron chi connectivity index (χ4n) is 1.18. The van der Waals surface area contributed by atoms with Gasteiger partial charge in [-0.3, -0.25) is 10.1 Å². The van der Waals surface area contributed by atoms with E-state index in [0.717, 1.165) is 12.1 Å². The Hall–Kier alpha value is -1.70. The van der Waals surface area contributed by atoms with Crippen LogP contribution >= 0.6 is 12.6 Å². The molecule has 0 aromatic heterocycles. The molecule has 0 unspecified atom stereocenters. The maximum absolute atomic E-state index is 12.4. The summed E-state index contributed by atoms with van der Waals surface area (Å²) in [4.78, 5) is 9.81. The van der Waals surface area contributed by atoms with Gasteiger partial charge in [-0.25, -0.2) is 0 Å². The summed E-state index contributed by atoms with van der Waals surface area (Å²) in [6, 6.07) is 2.09. The summed E-state index contributed by atoms with van der Waals surface area (Å²) in [5, 5.41) is 10.7. The van der Waals surface area contributed by atoms with Crippen LogP contribution < -0.4 is 4.74 Å². The van der Waals surface area contributed by atoms with Crippen LogP contribution in [-0.4, -0.2) is 17.3 Å². The van der Waals surface area contributed by atoms with E-state index in [0.29, 0.717) is 17.4 Å². The number of benzene rings is 1. The molecule has 1 aromatic rings. The van der Waals surface area contributed by atoms with Crippen molar-refractivity contribution >= 4 is 18.3 Å². The van der Waals surface area contributed by atoms with Gasteiger partial charge in [-0.1, -0.05) is 6.58 Å². The van der Waals surface area contributed by atoms with Crippen LogP contribution in [0, 0.1) is 10.1 Å². The van der Waals surface area contributed by atoms with E-state index in [4.69, 9.17) is 4.74 Å². The van der Waals surface area contributed by atoms with Crippen LogP contribution in [0.25, 0.3) is 0 Å². The van der Waals surface area contributed by atoms with Crippen LogP contribution in [0.2, 0.25) is 0 Å². The van der Waals surface area contributed by atoms with Gasteiger partial charge in [0.15, 0.2) is 5.75 Å². The van der Waals surface area contributed by atoms with Crippen molar-refractivity contribution in [1.29, 1.82) is 0 Å². The first-order chi connectivity index (χ1) is 8.75. The van der Waals surface area contributed by atoms with E-state index in [9.17, 15) is 23.3 Å². The molecule has 0 bridgehead atoms. The van der Waals surface area contributed by atoms with Crippen LogP contribution in [0.1, 0.15) is 5.56 Å². The van der Waals surface area contributed by atoms with Gasteiger partial charge in [-0.2, -0.15) is 25.8 Å². The number of nitro benzene ring substituents is 1. The Labute approximate surface area is 112 Å². The first kappa shape index (κ1) is 15.4. The second kappa shape index (κ2) is 5.96. The Bertz CT molecular complexity index is 502. The van der Waals surface area contributed by atoms with Crippen molar-refractivity contribution in [3.05, 3.63) is 46.0 Å². The number of alkyl halides is 3. The van der Waals surface area contributed by atoms with E-state index >= 15 is 0 Å². The van der Waals surface area contributed by atoms with Crippen molar-refractivity contribution in [2.75, 3.05) is 12.4 Å². The van der Waals surface area contributed by atoms with Crippen molar-refractivity contribution in [2.24, 2.45) is 0 Å². The predicted molar refractivity (Wildman–Crippen MR) is 66.6 cm³/mol. The molecular formula is C11H10F3NO3S. The molecule has 1 rings (SSSR count). The lowest BCUT2D eigenvalue weighted by atomic mass is 10.2. The van der Waals surface area contributed by atoms with Gasteiger partial charge < -0.3 is 4.74 Å². The summed E-state index contributed by atoms with van der Waals surface area (Å²) in [5.74, 6) is 0.0787. The summed E-state index contributed by atoms with van der Waals surface area (Å²) in [6.45, 7) is 3.52. The molecule has 0 heterocycles. The third-order valence-corrected chi connectivity index (χ3v) is 2.59. The number of thiol groups is 1. The molecule has 0 amide bonds. The third-order valence-electron chi connectivity index (χ3n) is 2.14. The number of hydrogen-bond acceptors (Lipinski definition) is 4. The van der Waals surface area contributed by atoms with Gasteiger partial charge >= 0.3 is 11.9 Å². The predicted octanol–water partition coefficient (Wildman–Crippen LogP) is 3.48. The maximum atomic E-state index is 12.4. The number of nitrogens with zero attached hydrogens (tertiary/aromatic N) is 1. The van der Waals surface area contributed by atoms with E-state index in [1.807, 2.05) is 0 Å². The maximum Gasteiger partial charge on any atom is 0.416 e. The minimum atomic E-state index is -4.64. The number of ether oxygens (including phenoxy) is 1. The van der Waals surface area contributed by atoms with E-state index in [-0.39, 0.29) is 12.4 Å². The fraction of sp³-hybridized carbons (Fsp3) is 0.273. The van der Waals surface area contributed by atoms with E-state index < -0.39 is 22.4 Å². The molecule has 4 nitrogen and oxygen atoms in total. The Morgan fingerprint density at radius 1 is 1.47 bits per heavy atom. The monoisotopic (exact) mass is 293 g/mol. The zero-order chi connectivity index (χ0) is 14.6. The van der Waals surface area contributed by atoms with Crippen LogP contribution in [0.15, 0.2) is 30.4 Å². The third kappa shape index (κ3) is 4.16. The Balaban J connectivity index is 3.05. The molecule has 0 aliphatic carbocycles. The van der Waals surface area contributed by atoms with Crippen molar-refractivity contribution in [3.63, 3.8) is 0 Å². The highest BCUT2D eigenvalue weighted by molar-refractivity contribution is 7.80. The normalized spacial score (nSPS) is 11.2. The van der Waals surface area contributed by atoms with Crippen LogP contribution in [0.3, 0.4) is 0 Å². The summed E-state index contributed by atoms with van der Waals surface area (Å²) in [6.07, 6.45) is -4.64. The molecule has 0 spiro atoms. The molecule has 0 fully saturated rings. The highest BCUT2D eigenvalue weighted by Gasteiger charge is 2.33. The van der Waals surface area contributed by atoms with Gasteiger partial charge in [0, 0.05) is 11.8 Å². The minimum absolute atomic E-state index is 0.0459. The van der Waals surface area contributed by atoms with Gasteiger partial charge in [0.25, 0.3) is 0 Å². The van der Waals surface area contributed by atoms with Crippen LogP contribution in [0.4, 0.5) is 18.9 Å². The zero-order valence-electron chi connectivity index (χ0n) is 9.61. The molecule has 0 N–H and O–H groups in total. The molecule has 0 aliphatic heterocycles. The number of hydrogen-bond donors (Lipinski definition) is 1. The van der Waals surface area contributed by atoms with Gasteiger partial charge in [0.05, 0.1) is 10.5 Å². The summed E-state index contributed by atoms with van der Waals surface area (Å²) < 4.78 is 42.4. The Morgan fingerprint density at radius 3 is 2.58 bits per heavy atom. The lowest BCUT2D eigenvalue weighted by Crippen LogP contribution is -2.08. The lowest BCUT2D eigenvalue weighted by molar-refractivity contribution is -0.386. The lowest BCUT2D eigenvalue weighted by Gasteiger charge is -2.10. The van der Waals surface area contributed by atoms with Crippen molar-refractivity contribution in [2.45, 2.75) is 6.18 Å². The topological polar surface area (TPSA) is 52.4 Å². The average molecular weight is 293 g/mol. The largest absolute Gasteiger partial charge is 0.482 e. The zero-order valence-corrected chi connectivity index (χ0v) is 10.5.